The first kappa shape index (κ1) is 61.9. The number of phosphoric acid groups is 1. The first-order chi connectivity index (χ1) is 31.4. The van der Waals surface area contributed by atoms with Crippen LogP contribution in [0, 0.1) is 0 Å². The fourth-order valence-electron chi connectivity index (χ4n) is 8.64. The van der Waals surface area contributed by atoms with E-state index in [1.807, 2.05) is 0 Å². The number of hydrogen-bond donors (Lipinski definition) is 6. The van der Waals surface area contributed by atoms with Crippen LogP contribution in [0.2, 0.25) is 0 Å². The first-order valence-electron chi connectivity index (χ1n) is 26.8. The molecule has 0 spiro atoms. The van der Waals surface area contributed by atoms with Gasteiger partial charge < -0.3 is 39.9 Å². The predicted molar refractivity (Wildman–Crippen MR) is 258 cm³/mol. The molecule has 0 aromatic carbocycles. The van der Waals surface area contributed by atoms with Crippen molar-refractivity contribution in [1.82, 2.24) is 0 Å². The van der Waals surface area contributed by atoms with Crippen molar-refractivity contribution in [3.8, 4) is 0 Å². The predicted octanol–water partition coefficient (Wildman–Crippen LogP) is 11.6. The van der Waals surface area contributed by atoms with Crippen molar-refractivity contribution in [2.45, 2.75) is 301 Å². The van der Waals surface area contributed by atoms with Gasteiger partial charge in [-0.1, -0.05) is 232 Å². The third kappa shape index (κ3) is 33.9. The molecule has 0 saturated heterocycles. The minimum atomic E-state index is -5.11. The highest BCUT2D eigenvalue weighted by atomic mass is 31.2. The Balaban J connectivity index is 2.34. The Bertz CT molecular complexity index is 1150. The largest absolute Gasteiger partial charge is 0.472 e. The third-order valence-electron chi connectivity index (χ3n) is 12.9. The van der Waals surface area contributed by atoms with E-state index in [0.29, 0.717) is 12.8 Å². The Morgan fingerprint density at radius 3 is 1.02 bits per heavy atom. The van der Waals surface area contributed by atoms with Gasteiger partial charge >= 0.3 is 19.8 Å². The first-order valence-corrected chi connectivity index (χ1v) is 28.3. The Morgan fingerprint density at radius 2 is 0.692 bits per heavy atom. The molecule has 1 fully saturated rings. The summed E-state index contributed by atoms with van der Waals surface area (Å²) >= 11 is 0. The molecule has 1 aliphatic rings. The highest BCUT2D eigenvalue weighted by molar-refractivity contribution is 7.47. The van der Waals surface area contributed by atoms with E-state index in [1.54, 1.807) is 0 Å². The van der Waals surface area contributed by atoms with Crippen LogP contribution in [0.15, 0.2) is 0 Å². The van der Waals surface area contributed by atoms with E-state index in [-0.39, 0.29) is 12.8 Å². The number of phosphoric ester groups is 1. The summed E-state index contributed by atoms with van der Waals surface area (Å²) < 4.78 is 33.7. The van der Waals surface area contributed by atoms with Crippen LogP contribution in [-0.4, -0.2) is 98.3 Å². The van der Waals surface area contributed by atoms with Crippen LogP contribution in [0.3, 0.4) is 0 Å². The average molecular weight is 951 g/mol. The number of aliphatic hydroxyl groups is 5. The smallest absolute Gasteiger partial charge is 0.462 e. The SMILES string of the molecule is CCCCCCCCCCCCCCCCCCCCCCCC(=O)OC[C@@H](COP(=O)(O)OC1C(O)C(O)C(O)[C@H](O)C1O)OC(=O)CCCCCCCCCCCCCCCCC. The van der Waals surface area contributed by atoms with Gasteiger partial charge in [-0.05, 0) is 12.8 Å². The summed E-state index contributed by atoms with van der Waals surface area (Å²) in [4.78, 5) is 35.8. The van der Waals surface area contributed by atoms with Crippen molar-refractivity contribution in [1.29, 1.82) is 0 Å². The molecule has 0 aromatic heterocycles. The molecule has 0 aromatic rings. The van der Waals surface area contributed by atoms with Crippen molar-refractivity contribution < 1.29 is 63.1 Å². The molecular formula is C51H99O13P. The van der Waals surface area contributed by atoms with Crippen molar-refractivity contribution in [2.75, 3.05) is 13.2 Å². The second-order valence-electron chi connectivity index (χ2n) is 19.1. The topological polar surface area (TPSA) is 210 Å². The highest BCUT2D eigenvalue weighted by Crippen LogP contribution is 2.47. The number of aliphatic hydroxyl groups excluding tert-OH is 5. The molecule has 14 heteroatoms. The zero-order valence-electron chi connectivity index (χ0n) is 41.3. The fraction of sp³-hybridized carbons (Fsp3) is 0.961. The summed E-state index contributed by atoms with van der Waals surface area (Å²) in [5, 5.41) is 50.3. The number of hydrogen-bond acceptors (Lipinski definition) is 12. The number of carbonyl (C=O) groups excluding carboxylic acids is 2. The fourth-order valence-corrected chi connectivity index (χ4v) is 9.62. The number of rotatable bonds is 46. The molecule has 8 atom stereocenters. The maximum Gasteiger partial charge on any atom is 0.472 e. The highest BCUT2D eigenvalue weighted by Gasteiger charge is 2.51. The zero-order valence-corrected chi connectivity index (χ0v) is 42.2. The zero-order chi connectivity index (χ0) is 47.8. The van der Waals surface area contributed by atoms with E-state index < -0.39 is 75.7 Å². The molecule has 0 radical (unpaired) electrons. The third-order valence-corrected chi connectivity index (χ3v) is 13.9. The van der Waals surface area contributed by atoms with E-state index in [0.717, 1.165) is 38.5 Å². The molecule has 0 aliphatic heterocycles. The molecule has 6 N–H and O–H groups in total. The Kier molecular flexibility index (Phi) is 39.8. The second-order valence-corrected chi connectivity index (χ2v) is 20.5. The van der Waals surface area contributed by atoms with Gasteiger partial charge in [0.1, 0.15) is 43.2 Å². The van der Waals surface area contributed by atoms with Crippen LogP contribution in [0.5, 0.6) is 0 Å². The van der Waals surface area contributed by atoms with Crippen LogP contribution in [-0.2, 0) is 32.7 Å². The minimum absolute atomic E-state index is 0.105. The molecule has 0 amide bonds. The molecular weight excluding hydrogens is 852 g/mol. The molecule has 65 heavy (non-hydrogen) atoms. The van der Waals surface area contributed by atoms with Crippen LogP contribution in [0.25, 0.3) is 0 Å². The van der Waals surface area contributed by atoms with Gasteiger partial charge in [0, 0.05) is 12.8 Å². The summed E-state index contributed by atoms with van der Waals surface area (Å²) in [5.74, 6) is -1.08. The molecule has 386 valence electrons. The average Bonchev–Trinajstić information content (AvgIpc) is 3.29. The standard InChI is InChI=1S/C51H99O13P/c1-3-5-7-9-11-13-15-17-19-20-21-22-23-24-26-27-29-31-33-35-37-39-44(52)61-41-43(42-62-65(59,60)64-51-49(57)47(55)46(54)48(56)50(51)58)63-45(53)40-38-36-34-32-30-28-25-18-16-14-12-10-8-6-4-2/h43,46-51,54-58H,3-42H2,1-2H3,(H,59,60)/t43-,46?,47-,48?,49?,50?,51?/m0/s1. The van der Waals surface area contributed by atoms with Gasteiger partial charge in [0.25, 0.3) is 0 Å². The Labute approximate surface area is 395 Å². The van der Waals surface area contributed by atoms with E-state index in [2.05, 4.69) is 13.8 Å². The van der Waals surface area contributed by atoms with Gasteiger partial charge in [-0.15, -0.1) is 0 Å². The molecule has 1 rings (SSSR count). The van der Waals surface area contributed by atoms with Gasteiger partial charge in [0.2, 0.25) is 0 Å². The Hall–Kier alpha value is -1.15. The second kappa shape index (κ2) is 41.8. The van der Waals surface area contributed by atoms with Gasteiger partial charge in [-0.3, -0.25) is 18.6 Å². The van der Waals surface area contributed by atoms with Gasteiger partial charge in [0.05, 0.1) is 6.61 Å². The lowest BCUT2D eigenvalue weighted by Crippen LogP contribution is -2.64. The van der Waals surface area contributed by atoms with E-state index in [9.17, 15) is 44.6 Å². The molecule has 1 aliphatic carbocycles. The van der Waals surface area contributed by atoms with Crippen molar-refractivity contribution >= 4 is 19.8 Å². The molecule has 6 unspecified atom stereocenters. The molecule has 1 saturated carbocycles. The number of esters is 2. The van der Waals surface area contributed by atoms with E-state index in [1.165, 1.54) is 180 Å². The van der Waals surface area contributed by atoms with Crippen LogP contribution in [0.4, 0.5) is 0 Å². The van der Waals surface area contributed by atoms with Crippen LogP contribution in [0.1, 0.15) is 258 Å². The van der Waals surface area contributed by atoms with E-state index >= 15 is 0 Å². The lowest BCUT2D eigenvalue weighted by atomic mass is 9.85. The maximum absolute atomic E-state index is 12.8. The lowest BCUT2D eigenvalue weighted by Gasteiger charge is -2.41. The molecule has 0 bridgehead atoms. The van der Waals surface area contributed by atoms with Crippen LogP contribution >= 0.6 is 7.82 Å². The molecule has 13 nitrogen and oxygen atoms in total. The van der Waals surface area contributed by atoms with E-state index in [4.69, 9.17) is 18.5 Å². The summed E-state index contributed by atoms with van der Waals surface area (Å²) in [6.07, 6.45) is 31.5. The summed E-state index contributed by atoms with van der Waals surface area (Å²) in [6, 6.07) is 0. The van der Waals surface area contributed by atoms with Crippen molar-refractivity contribution in [3.05, 3.63) is 0 Å². The van der Waals surface area contributed by atoms with Crippen molar-refractivity contribution in [2.24, 2.45) is 0 Å². The number of unbranched alkanes of at least 4 members (excludes halogenated alkanes) is 34. The summed E-state index contributed by atoms with van der Waals surface area (Å²) in [5.41, 5.74) is 0. The van der Waals surface area contributed by atoms with Crippen molar-refractivity contribution in [3.63, 3.8) is 0 Å². The number of ether oxygens (including phenoxy) is 2. The normalized spacial score (nSPS) is 21.3. The quantitative estimate of drug-likeness (QED) is 0.0191. The minimum Gasteiger partial charge on any atom is -0.462 e. The van der Waals surface area contributed by atoms with Gasteiger partial charge in [-0.2, -0.15) is 0 Å². The van der Waals surface area contributed by atoms with Gasteiger partial charge in [-0.25, -0.2) is 4.57 Å². The maximum atomic E-state index is 12.8. The number of carbonyl (C=O) groups is 2. The van der Waals surface area contributed by atoms with Crippen LogP contribution < -0.4 is 0 Å². The monoisotopic (exact) mass is 951 g/mol. The Morgan fingerprint density at radius 1 is 0.415 bits per heavy atom. The molecule has 0 heterocycles. The van der Waals surface area contributed by atoms with Gasteiger partial charge in [0.15, 0.2) is 6.10 Å². The lowest BCUT2D eigenvalue weighted by molar-refractivity contribution is -0.220. The summed E-state index contributed by atoms with van der Waals surface area (Å²) in [6.45, 7) is 3.35. The summed E-state index contributed by atoms with van der Waals surface area (Å²) in [7, 11) is -5.11.